The molecule has 0 amide bonds. The smallest absolute Gasteiger partial charge is 0.330 e. The number of aliphatic hydroxyl groups is 2. The predicted molar refractivity (Wildman–Crippen MR) is 146 cm³/mol. The molecule has 0 radical (unpaired) electrons. The summed E-state index contributed by atoms with van der Waals surface area (Å²) in [7, 11) is 0. The number of nitrogens with two attached hydrogens (primary N) is 1. The van der Waals surface area contributed by atoms with E-state index in [1.807, 2.05) is 4.98 Å². The monoisotopic (exact) mass is 667 g/mol. The number of aliphatic hydroxyl groups excluding tert-OH is 2. The Morgan fingerprint density at radius 3 is 2.31 bits per heavy atom. The molecule has 23 heteroatoms. The maximum atomic E-state index is 12.3. The normalized spacial score (nSPS) is 39.3. The molecule has 0 saturated carbocycles. The number of hydrogen-bond acceptors (Lipinski definition) is 16. The van der Waals surface area contributed by atoms with Gasteiger partial charge in [0.15, 0.2) is 23.9 Å². The molecule has 3 aliphatic heterocycles. The first-order valence-electron chi connectivity index (χ1n) is 12.1. The first-order chi connectivity index (χ1) is 19.8. The standard InChI is InChI=1S/C19H23N7O12P2S2/c20-15-10-16(22-5-21-15)26(6-23-10)18-14-11(28)7(35-18)3-33-39(31,41)37-13-8(4-34-40(32,42)38-14)36-17(12(13)29)25-2-1-9(27)24-19(25)30/h1-2,5-8,11-14,17-18,28-29H,3-4H2,(H,31,41)(H,32,42)(H2,20,21,22)(H,24,27,30)/t7-,8-,11-,12-,13-,14-,17-,18-,39?,40?/m1/s1. The fourth-order valence-electron chi connectivity index (χ4n) is 4.79. The van der Waals surface area contributed by atoms with Crippen LogP contribution < -0.4 is 17.0 Å². The van der Waals surface area contributed by atoms with E-state index in [0.717, 1.165) is 16.8 Å². The van der Waals surface area contributed by atoms with Crippen LogP contribution in [0.3, 0.4) is 0 Å². The number of anilines is 1. The molecule has 0 aromatic carbocycles. The summed E-state index contributed by atoms with van der Waals surface area (Å²) < 4.78 is 36.2. The third kappa shape index (κ3) is 5.62. The first kappa shape index (κ1) is 30.0. The lowest BCUT2D eigenvalue weighted by atomic mass is 10.1. The van der Waals surface area contributed by atoms with Crippen LogP contribution in [-0.2, 0) is 51.2 Å². The minimum atomic E-state index is -4.21. The van der Waals surface area contributed by atoms with E-state index in [1.165, 1.54) is 17.2 Å². The van der Waals surface area contributed by atoms with Gasteiger partial charge in [0.25, 0.3) is 5.56 Å². The third-order valence-electron chi connectivity index (χ3n) is 6.72. The first-order valence-corrected chi connectivity index (χ1v) is 17.2. The molecular weight excluding hydrogens is 644 g/mol. The third-order valence-corrected chi connectivity index (χ3v) is 9.84. The lowest BCUT2D eigenvalue weighted by molar-refractivity contribution is -0.0621. The van der Waals surface area contributed by atoms with Crippen molar-refractivity contribution in [2.24, 2.45) is 0 Å². The van der Waals surface area contributed by atoms with Crippen LogP contribution in [0.4, 0.5) is 5.82 Å². The van der Waals surface area contributed by atoms with Crippen molar-refractivity contribution in [3.63, 3.8) is 0 Å². The number of nitrogens with zero attached hydrogens (tertiary/aromatic N) is 5. The number of nitrogen functional groups attached to an aromatic ring is 1. The van der Waals surface area contributed by atoms with Crippen molar-refractivity contribution in [2.45, 2.75) is 49.1 Å². The number of aromatic amines is 1. The molecule has 0 spiro atoms. The zero-order chi connectivity index (χ0) is 30.0. The molecule has 2 bridgehead atoms. The molecule has 228 valence electrons. The van der Waals surface area contributed by atoms with Crippen LogP contribution in [0, 0.1) is 0 Å². The number of ether oxygens (including phenoxy) is 2. The highest BCUT2D eigenvalue weighted by molar-refractivity contribution is 8.07. The Bertz CT molecular complexity index is 1720. The van der Waals surface area contributed by atoms with Crippen molar-refractivity contribution in [3.8, 4) is 0 Å². The van der Waals surface area contributed by atoms with Crippen LogP contribution in [0.2, 0.25) is 0 Å². The van der Waals surface area contributed by atoms with Gasteiger partial charge in [-0.1, -0.05) is 0 Å². The Morgan fingerprint density at radius 2 is 1.60 bits per heavy atom. The SMILES string of the molecule is Nc1ncnc2c1ncn2[C@@H]1O[C@@H]2COP(O)(=S)O[C@H]3[C@@H](O)[C@H](n4ccc(=O)[nH]c4=O)O[C@@H]3COP(O)(=S)O[C@@H]1[C@@H]2O. The highest BCUT2D eigenvalue weighted by atomic mass is 32.5. The summed E-state index contributed by atoms with van der Waals surface area (Å²) in [5, 5.41) is 22.1. The van der Waals surface area contributed by atoms with Gasteiger partial charge in [-0.2, -0.15) is 0 Å². The summed E-state index contributed by atoms with van der Waals surface area (Å²) in [6, 6.07) is 1.03. The lowest BCUT2D eigenvalue weighted by Gasteiger charge is -2.28. The molecule has 3 saturated heterocycles. The number of hydrogen-bond donors (Lipinski definition) is 6. The molecule has 3 aromatic heterocycles. The highest BCUT2D eigenvalue weighted by Gasteiger charge is 2.52. The van der Waals surface area contributed by atoms with Crippen molar-refractivity contribution < 1.29 is 47.6 Å². The van der Waals surface area contributed by atoms with Crippen LogP contribution in [0.1, 0.15) is 12.5 Å². The molecule has 3 fully saturated rings. The van der Waals surface area contributed by atoms with Gasteiger partial charge in [-0.15, -0.1) is 0 Å². The van der Waals surface area contributed by atoms with Gasteiger partial charge >= 0.3 is 19.1 Å². The van der Waals surface area contributed by atoms with E-state index in [4.69, 9.17) is 56.9 Å². The van der Waals surface area contributed by atoms with E-state index >= 15 is 0 Å². The lowest BCUT2D eigenvalue weighted by Crippen LogP contribution is -2.38. The van der Waals surface area contributed by atoms with E-state index in [1.54, 1.807) is 0 Å². The quantitative estimate of drug-likeness (QED) is 0.157. The highest BCUT2D eigenvalue weighted by Crippen LogP contribution is 2.53. The fraction of sp³-hybridized carbons (Fsp3) is 0.526. The number of imidazole rings is 1. The van der Waals surface area contributed by atoms with E-state index in [9.17, 15) is 29.6 Å². The summed E-state index contributed by atoms with van der Waals surface area (Å²) in [6.45, 7) is -9.51. The Labute approximate surface area is 244 Å². The molecule has 3 aliphatic rings. The van der Waals surface area contributed by atoms with E-state index in [-0.39, 0.29) is 17.0 Å². The van der Waals surface area contributed by atoms with Gasteiger partial charge in [-0.3, -0.25) is 28.0 Å². The van der Waals surface area contributed by atoms with Crippen molar-refractivity contribution >= 4 is 54.0 Å². The number of fused-ring (bicyclic) bond motifs is 4. The van der Waals surface area contributed by atoms with Gasteiger partial charge in [0.2, 0.25) is 0 Å². The number of nitrogens with one attached hydrogen (secondary N) is 1. The van der Waals surface area contributed by atoms with Crippen molar-refractivity contribution in [3.05, 3.63) is 45.8 Å². The minimum absolute atomic E-state index is 0.0845. The Kier molecular flexibility index (Phi) is 7.95. The Hall–Kier alpha value is -2.07. The Morgan fingerprint density at radius 1 is 0.929 bits per heavy atom. The second-order valence-electron chi connectivity index (χ2n) is 9.38. The summed E-state index contributed by atoms with van der Waals surface area (Å²) in [5.74, 6) is 0.0845. The van der Waals surface area contributed by atoms with Crippen LogP contribution in [0.5, 0.6) is 0 Å². The summed E-state index contributed by atoms with van der Waals surface area (Å²) >= 11 is 10.3. The average molecular weight is 668 g/mol. The molecule has 6 rings (SSSR count). The summed E-state index contributed by atoms with van der Waals surface area (Å²) in [6.07, 6.45) is -7.50. The zero-order valence-corrected chi connectivity index (χ0v) is 24.3. The number of H-pyrrole nitrogens is 1. The average Bonchev–Trinajstić information content (AvgIpc) is 3.57. The molecule has 0 aliphatic carbocycles. The number of aromatic nitrogens is 6. The zero-order valence-electron chi connectivity index (χ0n) is 20.9. The molecule has 3 aromatic rings. The van der Waals surface area contributed by atoms with Crippen molar-refractivity contribution in [1.29, 1.82) is 0 Å². The van der Waals surface area contributed by atoms with Crippen LogP contribution >= 0.6 is 13.4 Å². The fourth-order valence-corrected chi connectivity index (χ4v) is 7.65. The van der Waals surface area contributed by atoms with Crippen molar-refractivity contribution in [1.82, 2.24) is 29.1 Å². The van der Waals surface area contributed by atoms with Gasteiger partial charge in [0, 0.05) is 12.3 Å². The topological polar surface area (TPSA) is 261 Å². The minimum Gasteiger partial charge on any atom is -0.387 e. The van der Waals surface area contributed by atoms with Gasteiger partial charge < -0.3 is 44.3 Å². The van der Waals surface area contributed by atoms with E-state index < -0.39 is 87.0 Å². The van der Waals surface area contributed by atoms with E-state index in [0.29, 0.717) is 0 Å². The van der Waals surface area contributed by atoms with E-state index in [2.05, 4.69) is 15.0 Å². The van der Waals surface area contributed by atoms with Gasteiger partial charge in [-0.25, -0.2) is 19.7 Å². The molecule has 7 N–H and O–H groups in total. The van der Waals surface area contributed by atoms with Gasteiger partial charge in [0.05, 0.1) is 19.5 Å². The Balaban J connectivity index is 1.32. The predicted octanol–water partition coefficient (Wildman–Crippen LogP) is -2.27. The summed E-state index contributed by atoms with van der Waals surface area (Å²) in [5.41, 5.74) is 4.76. The van der Waals surface area contributed by atoms with Crippen LogP contribution in [-0.4, -0.2) is 98.9 Å². The largest absolute Gasteiger partial charge is 0.387 e. The summed E-state index contributed by atoms with van der Waals surface area (Å²) in [4.78, 5) is 59.9. The maximum Gasteiger partial charge on any atom is 0.330 e. The molecule has 2 unspecified atom stereocenters. The molecular formula is C19H23N7O12P2S2. The maximum absolute atomic E-state index is 12.3. The number of rotatable bonds is 2. The van der Waals surface area contributed by atoms with Gasteiger partial charge in [-0.05, 0) is 23.6 Å². The molecule has 42 heavy (non-hydrogen) atoms. The molecule has 19 nitrogen and oxygen atoms in total. The van der Waals surface area contributed by atoms with Crippen LogP contribution in [0.25, 0.3) is 11.2 Å². The second kappa shape index (κ2) is 11.1. The van der Waals surface area contributed by atoms with Crippen LogP contribution in [0.15, 0.2) is 34.5 Å². The molecule has 10 atom stereocenters. The second-order valence-corrected chi connectivity index (χ2v) is 15.0. The molecule has 6 heterocycles. The van der Waals surface area contributed by atoms with Crippen molar-refractivity contribution in [2.75, 3.05) is 18.9 Å². The van der Waals surface area contributed by atoms with Gasteiger partial charge in [0.1, 0.15) is 48.5 Å².